The number of aliphatic hydroxyl groups is 1. The average molecular weight is 679 g/mol. The SMILES string of the molecule is C[C@@H]1CCCCO[C@H](CN(C)Cc2ccc(C(=O)O)cc2)[C@H](C)CN([C@H](C)CO)C(=O)c2cc(NC(=O)Nc3ccc(F)cc3)ccc2O1. The van der Waals surface area contributed by atoms with Gasteiger partial charge in [-0.3, -0.25) is 9.69 Å². The minimum atomic E-state index is -0.971. The van der Waals surface area contributed by atoms with Crippen LogP contribution in [0.1, 0.15) is 66.3 Å². The normalized spacial score (nSPS) is 19.7. The zero-order chi connectivity index (χ0) is 35.5. The molecule has 0 aromatic heterocycles. The number of halogens is 1. The minimum Gasteiger partial charge on any atom is -0.490 e. The largest absolute Gasteiger partial charge is 0.490 e. The molecule has 1 aliphatic rings. The lowest BCUT2D eigenvalue weighted by atomic mass is 10.0. The molecular formula is C37H47FN4O7. The monoisotopic (exact) mass is 678 g/mol. The number of aromatic carboxylic acids is 1. The van der Waals surface area contributed by atoms with Gasteiger partial charge in [0.2, 0.25) is 0 Å². The van der Waals surface area contributed by atoms with Gasteiger partial charge in [-0.05, 0) is 100 Å². The first-order valence-electron chi connectivity index (χ1n) is 16.6. The van der Waals surface area contributed by atoms with Gasteiger partial charge in [0.25, 0.3) is 5.91 Å². The van der Waals surface area contributed by atoms with Crippen molar-refractivity contribution in [3.63, 3.8) is 0 Å². The molecule has 4 N–H and O–H groups in total. The lowest BCUT2D eigenvalue weighted by Gasteiger charge is -2.36. The summed E-state index contributed by atoms with van der Waals surface area (Å²) in [5, 5.41) is 24.8. The van der Waals surface area contributed by atoms with Crippen LogP contribution in [0.3, 0.4) is 0 Å². The zero-order valence-electron chi connectivity index (χ0n) is 28.5. The fraction of sp³-hybridized carbons (Fsp3) is 0.432. The van der Waals surface area contributed by atoms with Crippen LogP contribution in [-0.4, -0.2) is 89.5 Å². The molecule has 0 fully saturated rings. The number of benzene rings is 3. The van der Waals surface area contributed by atoms with Crippen LogP contribution >= 0.6 is 0 Å². The highest BCUT2D eigenvalue weighted by Crippen LogP contribution is 2.29. The third-order valence-electron chi connectivity index (χ3n) is 8.56. The fourth-order valence-corrected chi connectivity index (χ4v) is 5.73. The summed E-state index contributed by atoms with van der Waals surface area (Å²) in [6.45, 7) is 7.44. The third-order valence-corrected chi connectivity index (χ3v) is 8.56. The van der Waals surface area contributed by atoms with Crippen LogP contribution in [0.15, 0.2) is 66.7 Å². The average Bonchev–Trinajstić information content (AvgIpc) is 3.07. The topological polar surface area (TPSA) is 141 Å². The summed E-state index contributed by atoms with van der Waals surface area (Å²) in [7, 11) is 1.97. The standard InChI is InChI=1S/C37H47FN4O7/c1-24-20-42(25(2)23-43)35(44)32-19-31(40-37(47)39-30-14-12-29(38)13-15-30)16-17-33(32)49-26(3)7-5-6-18-48-34(24)22-41(4)21-27-8-10-28(11-9-27)36(45)46/h8-17,19,24-26,34,43H,5-7,18,20-23H2,1-4H3,(H,45,46)(H2,39,40,47)/t24-,25-,26-,34-/m1/s1. The van der Waals surface area contributed by atoms with Crippen LogP contribution in [0.2, 0.25) is 0 Å². The Bertz CT molecular complexity index is 1550. The number of urea groups is 1. The number of fused-ring (bicyclic) bond motifs is 1. The number of nitrogens with zero attached hydrogens (tertiary/aromatic N) is 2. The number of ether oxygens (including phenoxy) is 2. The highest BCUT2D eigenvalue weighted by Gasteiger charge is 2.30. The highest BCUT2D eigenvalue weighted by atomic mass is 19.1. The lowest BCUT2D eigenvalue weighted by Crippen LogP contribution is -2.47. The molecule has 4 atom stereocenters. The number of carbonyl (C=O) groups is 3. The molecule has 0 spiro atoms. The van der Waals surface area contributed by atoms with Crippen LogP contribution < -0.4 is 15.4 Å². The molecule has 0 bridgehead atoms. The summed E-state index contributed by atoms with van der Waals surface area (Å²) < 4.78 is 26.0. The Kier molecular flexibility index (Phi) is 13.5. The maximum absolute atomic E-state index is 14.3. The van der Waals surface area contributed by atoms with E-state index in [9.17, 15) is 29.0 Å². The quantitative estimate of drug-likeness (QED) is 0.213. The summed E-state index contributed by atoms with van der Waals surface area (Å²) in [5.74, 6) is -1.51. The number of rotatable bonds is 9. The summed E-state index contributed by atoms with van der Waals surface area (Å²) in [6, 6.07) is 16.0. The van der Waals surface area contributed by atoms with Gasteiger partial charge >= 0.3 is 12.0 Å². The van der Waals surface area contributed by atoms with Crippen LogP contribution in [0, 0.1) is 11.7 Å². The van der Waals surface area contributed by atoms with E-state index in [1.165, 1.54) is 24.3 Å². The van der Waals surface area contributed by atoms with E-state index in [4.69, 9.17) is 9.47 Å². The van der Waals surface area contributed by atoms with Gasteiger partial charge in [-0.2, -0.15) is 0 Å². The molecule has 0 saturated carbocycles. The molecule has 3 aromatic carbocycles. The summed E-state index contributed by atoms with van der Waals surface area (Å²) >= 11 is 0. The number of likely N-dealkylation sites (N-methyl/N-ethyl adjacent to an activating group) is 1. The van der Waals surface area contributed by atoms with E-state index in [2.05, 4.69) is 15.5 Å². The number of hydrogen-bond donors (Lipinski definition) is 4. The molecule has 1 heterocycles. The van der Waals surface area contributed by atoms with E-state index in [0.717, 1.165) is 24.8 Å². The number of hydrogen-bond acceptors (Lipinski definition) is 7. The Labute approximate surface area is 287 Å². The number of nitrogens with one attached hydrogen (secondary N) is 2. The number of carboxylic acid groups (broad SMARTS) is 1. The number of carbonyl (C=O) groups excluding carboxylic acids is 2. The van der Waals surface area contributed by atoms with Crippen molar-refractivity contribution in [3.8, 4) is 5.75 Å². The van der Waals surface area contributed by atoms with Gasteiger partial charge in [-0.25, -0.2) is 14.0 Å². The smallest absolute Gasteiger partial charge is 0.335 e. The molecule has 49 heavy (non-hydrogen) atoms. The predicted octanol–water partition coefficient (Wildman–Crippen LogP) is 6.10. The fourth-order valence-electron chi connectivity index (χ4n) is 5.73. The van der Waals surface area contributed by atoms with E-state index in [1.54, 1.807) is 54.3 Å². The van der Waals surface area contributed by atoms with Crippen molar-refractivity contribution in [2.45, 2.75) is 64.8 Å². The molecule has 12 heteroatoms. The Hall–Kier alpha value is -4.52. The second-order valence-electron chi connectivity index (χ2n) is 12.8. The van der Waals surface area contributed by atoms with Crippen molar-refractivity contribution >= 4 is 29.3 Å². The molecule has 0 aliphatic carbocycles. The minimum absolute atomic E-state index is 0.135. The van der Waals surface area contributed by atoms with Crippen LogP contribution in [0.5, 0.6) is 5.75 Å². The zero-order valence-corrected chi connectivity index (χ0v) is 28.5. The second kappa shape index (κ2) is 17.8. The summed E-state index contributed by atoms with van der Waals surface area (Å²) in [5.41, 5.74) is 2.20. The lowest BCUT2D eigenvalue weighted by molar-refractivity contribution is -0.0177. The maximum atomic E-state index is 14.3. The number of anilines is 2. The molecule has 1 aliphatic heterocycles. The molecule has 11 nitrogen and oxygen atoms in total. The first-order valence-corrected chi connectivity index (χ1v) is 16.6. The Balaban J connectivity index is 1.56. The first kappa shape index (κ1) is 37.3. The van der Waals surface area contributed by atoms with Crippen molar-refractivity contribution in [1.82, 2.24) is 9.80 Å². The molecule has 3 amide bonds. The molecule has 264 valence electrons. The van der Waals surface area contributed by atoms with Crippen molar-refractivity contribution in [1.29, 1.82) is 0 Å². The van der Waals surface area contributed by atoms with E-state index in [-0.39, 0.29) is 48.3 Å². The Morgan fingerprint density at radius 1 is 1.02 bits per heavy atom. The molecule has 0 unspecified atom stereocenters. The van der Waals surface area contributed by atoms with Crippen molar-refractivity contribution < 1.29 is 38.5 Å². The van der Waals surface area contributed by atoms with Crippen LogP contribution in [0.4, 0.5) is 20.6 Å². The van der Waals surface area contributed by atoms with Crippen LogP contribution in [0.25, 0.3) is 0 Å². The maximum Gasteiger partial charge on any atom is 0.335 e. The summed E-state index contributed by atoms with van der Waals surface area (Å²) in [6.07, 6.45) is 1.97. The Morgan fingerprint density at radius 2 is 1.69 bits per heavy atom. The van der Waals surface area contributed by atoms with Gasteiger partial charge in [-0.1, -0.05) is 19.1 Å². The van der Waals surface area contributed by atoms with Gasteiger partial charge in [0.1, 0.15) is 11.6 Å². The predicted molar refractivity (Wildman–Crippen MR) is 186 cm³/mol. The first-order chi connectivity index (χ1) is 23.4. The van der Waals surface area contributed by atoms with Gasteiger partial charge in [0.05, 0.1) is 36.0 Å². The van der Waals surface area contributed by atoms with Gasteiger partial charge in [0, 0.05) is 43.5 Å². The van der Waals surface area contributed by atoms with Crippen LogP contribution in [-0.2, 0) is 11.3 Å². The van der Waals surface area contributed by atoms with E-state index in [0.29, 0.717) is 36.8 Å². The van der Waals surface area contributed by atoms with Gasteiger partial charge in [-0.15, -0.1) is 0 Å². The highest BCUT2D eigenvalue weighted by molar-refractivity contribution is 6.02. The molecule has 0 radical (unpaired) electrons. The molecule has 0 saturated heterocycles. The van der Waals surface area contributed by atoms with E-state index < -0.39 is 23.9 Å². The third kappa shape index (κ3) is 11.0. The second-order valence-corrected chi connectivity index (χ2v) is 12.8. The van der Waals surface area contributed by atoms with Gasteiger partial charge in [0.15, 0.2) is 0 Å². The number of aliphatic hydroxyl groups excluding tert-OH is 1. The van der Waals surface area contributed by atoms with Crippen molar-refractivity contribution in [2.24, 2.45) is 5.92 Å². The van der Waals surface area contributed by atoms with Gasteiger partial charge < -0.3 is 35.2 Å². The molecule has 3 aromatic rings. The van der Waals surface area contributed by atoms with E-state index >= 15 is 0 Å². The van der Waals surface area contributed by atoms with E-state index in [1.807, 2.05) is 20.9 Å². The van der Waals surface area contributed by atoms with Crippen molar-refractivity contribution in [3.05, 3.63) is 89.2 Å². The summed E-state index contributed by atoms with van der Waals surface area (Å²) in [4.78, 5) is 42.1. The number of amides is 3. The number of carboxylic acids is 1. The molecule has 4 rings (SSSR count). The van der Waals surface area contributed by atoms with Crippen molar-refractivity contribution in [2.75, 3.05) is 44.0 Å². The Morgan fingerprint density at radius 3 is 2.37 bits per heavy atom. The molecular weight excluding hydrogens is 631 g/mol.